The van der Waals surface area contributed by atoms with Gasteiger partial charge in [-0.1, -0.05) is 46.3 Å². The first-order valence-corrected chi connectivity index (χ1v) is 7.01. The van der Waals surface area contributed by atoms with E-state index in [1.807, 2.05) is 48.5 Å². The molecule has 0 saturated heterocycles. The highest BCUT2D eigenvalue weighted by atomic mass is 79.9. The molecule has 0 radical (unpaired) electrons. The Morgan fingerprint density at radius 3 is 2.47 bits per heavy atom. The summed E-state index contributed by atoms with van der Waals surface area (Å²) in [5, 5.41) is 1.25. The molecule has 0 saturated carbocycles. The van der Waals surface area contributed by atoms with Gasteiger partial charge in [-0.3, -0.25) is 4.79 Å². The Bertz CT molecular complexity index is 826. The fourth-order valence-electron chi connectivity index (χ4n) is 2.14. The van der Waals surface area contributed by atoms with Gasteiger partial charge in [0.1, 0.15) is 0 Å². The standard InChI is InChI=1S/C15H10BrNOS/c16-11-7-3-1-5-9(11)13-14(18)10-6-2-4-8-12(10)17-15(13)19/h1-8H,(H2,17,18,19). The van der Waals surface area contributed by atoms with Crippen LogP contribution >= 0.6 is 28.6 Å². The highest BCUT2D eigenvalue weighted by Gasteiger charge is 2.13. The average molecular weight is 332 g/mol. The molecule has 0 unspecified atom stereocenters. The molecule has 0 spiro atoms. The summed E-state index contributed by atoms with van der Waals surface area (Å²) >= 11 is 7.90. The van der Waals surface area contributed by atoms with Crippen molar-refractivity contribution in [1.29, 1.82) is 0 Å². The summed E-state index contributed by atoms with van der Waals surface area (Å²) in [7, 11) is 0. The molecule has 2 nitrogen and oxygen atoms in total. The maximum absolute atomic E-state index is 12.6. The molecule has 0 fully saturated rings. The topological polar surface area (TPSA) is 32.9 Å². The summed E-state index contributed by atoms with van der Waals surface area (Å²) in [6.07, 6.45) is 0. The Morgan fingerprint density at radius 2 is 1.68 bits per heavy atom. The van der Waals surface area contributed by atoms with E-state index < -0.39 is 0 Å². The largest absolute Gasteiger partial charge is 0.349 e. The molecule has 3 rings (SSSR count). The minimum atomic E-state index is -0.00810. The van der Waals surface area contributed by atoms with Crippen molar-refractivity contribution in [1.82, 2.24) is 4.98 Å². The van der Waals surface area contributed by atoms with Crippen LogP contribution in [0.5, 0.6) is 0 Å². The van der Waals surface area contributed by atoms with Crippen LogP contribution in [0.15, 0.2) is 62.8 Å². The second-order valence-electron chi connectivity index (χ2n) is 4.20. The molecule has 0 aliphatic rings. The van der Waals surface area contributed by atoms with E-state index in [1.165, 1.54) is 0 Å². The predicted molar refractivity (Wildman–Crippen MR) is 85.0 cm³/mol. The number of hydrogen-bond donors (Lipinski definition) is 2. The summed E-state index contributed by atoms with van der Waals surface area (Å²) in [5.41, 5.74) is 2.23. The van der Waals surface area contributed by atoms with Crippen molar-refractivity contribution in [2.45, 2.75) is 5.03 Å². The first kappa shape index (κ1) is 12.5. The normalized spacial score (nSPS) is 10.8. The number of rotatable bonds is 1. The second-order valence-corrected chi connectivity index (χ2v) is 5.50. The van der Waals surface area contributed by atoms with Crippen molar-refractivity contribution < 1.29 is 0 Å². The third-order valence-corrected chi connectivity index (χ3v) is 4.06. The molecule has 1 aromatic heterocycles. The van der Waals surface area contributed by atoms with Crippen LogP contribution in [0.1, 0.15) is 0 Å². The minimum absolute atomic E-state index is 0.00810. The van der Waals surface area contributed by atoms with Gasteiger partial charge >= 0.3 is 0 Å². The molecule has 4 heteroatoms. The van der Waals surface area contributed by atoms with E-state index in [-0.39, 0.29) is 5.43 Å². The van der Waals surface area contributed by atoms with Gasteiger partial charge in [-0.05, 0) is 18.2 Å². The van der Waals surface area contributed by atoms with Gasteiger partial charge in [0.25, 0.3) is 0 Å². The predicted octanol–water partition coefficient (Wildman–Crippen LogP) is 4.25. The molecular weight excluding hydrogens is 322 g/mol. The summed E-state index contributed by atoms with van der Waals surface area (Å²) in [6.45, 7) is 0. The van der Waals surface area contributed by atoms with Gasteiger partial charge in [0.2, 0.25) is 0 Å². The number of nitrogens with one attached hydrogen (secondary N) is 1. The van der Waals surface area contributed by atoms with Crippen LogP contribution in [-0.2, 0) is 0 Å². The lowest BCUT2D eigenvalue weighted by molar-refractivity contribution is 1.19. The van der Waals surface area contributed by atoms with E-state index >= 15 is 0 Å². The van der Waals surface area contributed by atoms with Crippen molar-refractivity contribution in [2.75, 3.05) is 0 Å². The zero-order chi connectivity index (χ0) is 13.4. The van der Waals surface area contributed by atoms with E-state index in [9.17, 15) is 4.79 Å². The number of H-pyrrole nitrogens is 1. The van der Waals surface area contributed by atoms with Crippen molar-refractivity contribution in [3.8, 4) is 11.1 Å². The summed E-state index contributed by atoms with van der Waals surface area (Å²) < 4.78 is 0.881. The van der Waals surface area contributed by atoms with E-state index in [0.717, 1.165) is 15.6 Å². The molecule has 0 aliphatic carbocycles. The lowest BCUT2D eigenvalue weighted by atomic mass is 10.0. The molecule has 1 N–H and O–H groups in total. The van der Waals surface area contributed by atoms with Gasteiger partial charge in [-0.25, -0.2) is 0 Å². The Labute approximate surface area is 124 Å². The van der Waals surface area contributed by atoms with Crippen molar-refractivity contribution in [3.05, 3.63) is 63.2 Å². The molecule has 2 aromatic carbocycles. The van der Waals surface area contributed by atoms with Gasteiger partial charge in [0.05, 0.1) is 16.1 Å². The molecule has 0 bridgehead atoms. The Morgan fingerprint density at radius 1 is 1.00 bits per heavy atom. The lowest BCUT2D eigenvalue weighted by Gasteiger charge is -2.09. The highest BCUT2D eigenvalue weighted by Crippen LogP contribution is 2.30. The van der Waals surface area contributed by atoms with E-state index in [0.29, 0.717) is 16.0 Å². The van der Waals surface area contributed by atoms with Crippen LogP contribution in [-0.4, -0.2) is 4.98 Å². The minimum Gasteiger partial charge on any atom is -0.349 e. The zero-order valence-electron chi connectivity index (χ0n) is 9.85. The molecule has 19 heavy (non-hydrogen) atoms. The smallest absolute Gasteiger partial charge is 0.198 e. The number of pyridine rings is 1. The fraction of sp³-hybridized carbons (Fsp3) is 0. The van der Waals surface area contributed by atoms with Crippen LogP contribution < -0.4 is 5.43 Å². The summed E-state index contributed by atoms with van der Waals surface area (Å²) in [4.78, 5) is 15.8. The first-order valence-electron chi connectivity index (χ1n) is 5.77. The summed E-state index contributed by atoms with van der Waals surface area (Å²) in [6, 6.07) is 15.1. The molecule has 0 atom stereocenters. The molecule has 3 aromatic rings. The second kappa shape index (κ2) is 4.87. The SMILES string of the molecule is O=c1c(-c2ccccc2Br)c(S)[nH]c2ccccc12. The number of para-hydroxylation sites is 1. The molecular formula is C15H10BrNOS. The van der Waals surface area contributed by atoms with Crippen LogP contribution in [0.2, 0.25) is 0 Å². The van der Waals surface area contributed by atoms with Crippen molar-refractivity contribution >= 4 is 39.5 Å². The van der Waals surface area contributed by atoms with Crippen LogP contribution in [0.25, 0.3) is 22.0 Å². The maximum atomic E-state index is 12.6. The van der Waals surface area contributed by atoms with E-state index in [1.54, 1.807) is 0 Å². The first-order chi connectivity index (χ1) is 9.18. The van der Waals surface area contributed by atoms with Crippen LogP contribution in [0.4, 0.5) is 0 Å². The number of aromatic nitrogens is 1. The quantitative estimate of drug-likeness (QED) is 0.642. The number of benzene rings is 2. The number of hydrogen-bond acceptors (Lipinski definition) is 2. The van der Waals surface area contributed by atoms with Gasteiger partial charge in [0, 0.05) is 15.4 Å². The highest BCUT2D eigenvalue weighted by molar-refractivity contribution is 9.10. The molecule has 94 valence electrons. The Balaban J connectivity index is 2.43. The Hall–Kier alpha value is -1.52. The maximum Gasteiger partial charge on any atom is 0.198 e. The monoisotopic (exact) mass is 331 g/mol. The van der Waals surface area contributed by atoms with Gasteiger partial charge in [-0.2, -0.15) is 0 Å². The summed E-state index contributed by atoms with van der Waals surface area (Å²) in [5.74, 6) is 0. The van der Waals surface area contributed by atoms with Crippen molar-refractivity contribution in [3.63, 3.8) is 0 Å². The number of aromatic amines is 1. The third-order valence-electron chi connectivity index (χ3n) is 3.03. The lowest BCUT2D eigenvalue weighted by Crippen LogP contribution is -2.08. The number of halogens is 1. The molecule has 1 heterocycles. The van der Waals surface area contributed by atoms with Gasteiger partial charge < -0.3 is 4.98 Å². The average Bonchev–Trinajstić information content (AvgIpc) is 2.41. The van der Waals surface area contributed by atoms with E-state index in [2.05, 4.69) is 33.5 Å². The van der Waals surface area contributed by atoms with Crippen LogP contribution in [0.3, 0.4) is 0 Å². The van der Waals surface area contributed by atoms with E-state index in [4.69, 9.17) is 0 Å². The zero-order valence-corrected chi connectivity index (χ0v) is 12.3. The van der Waals surface area contributed by atoms with Crippen LogP contribution in [0, 0.1) is 0 Å². The number of thiol groups is 1. The Kier molecular flexibility index (Phi) is 3.21. The molecule has 0 aliphatic heterocycles. The van der Waals surface area contributed by atoms with Crippen molar-refractivity contribution in [2.24, 2.45) is 0 Å². The van der Waals surface area contributed by atoms with Gasteiger partial charge in [-0.15, -0.1) is 12.6 Å². The molecule has 0 amide bonds. The third kappa shape index (κ3) is 2.11. The number of fused-ring (bicyclic) bond motifs is 1. The fourth-order valence-corrected chi connectivity index (χ4v) is 2.96. The van der Waals surface area contributed by atoms with Gasteiger partial charge in [0.15, 0.2) is 5.43 Å².